The van der Waals surface area contributed by atoms with Gasteiger partial charge in [-0.25, -0.2) is 0 Å². The van der Waals surface area contributed by atoms with Gasteiger partial charge in [0.2, 0.25) is 0 Å². The lowest BCUT2D eigenvalue weighted by Gasteiger charge is -2.58. The summed E-state index contributed by atoms with van der Waals surface area (Å²) in [7, 11) is 0. The maximum atomic E-state index is 12.4. The predicted octanol–water partition coefficient (Wildman–Crippen LogP) is 1.12. The first kappa shape index (κ1) is 21.7. The molecule has 2 aliphatic carbocycles. The van der Waals surface area contributed by atoms with E-state index in [0.717, 1.165) is 5.57 Å². The van der Waals surface area contributed by atoms with Crippen LogP contribution in [0.5, 0.6) is 0 Å². The van der Waals surface area contributed by atoms with Gasteiger partial charge >= 0.3 is 11.9 Å². The van der Waals surface area contributed by atoms with E-state index in [-0.39, 0.29) is 18.5 Å². The minimum Gasteiger partial charge on any atom is -0.465 e. The second-order valence-corrected chi connectivity index (χ2v) is 9.92. The van der Waals surface area contributed by atoms with Gasteiger partial charge in [0.25, 0.3) is 0 Å². The minimum absolute atomic E-state index is 0.0346. The van der Waals surface area contributed by atoms with Gasteiger partial charge in [-0.05, 0) is 18.4 Å². The zero-order valence-corrected chi connectivity index (χ0v) is 18.2. The summed E-state index contributed by atoms with van der Waals surface area (Å²) >= 11 is 0. The SMILES string of the molecule is CC(=O)OC[C@]12CC(OC(=O)CC(C)C)C(C)=CC1OC1C(O)C(O)C2(C)C12CO2. The van der Waals surface area contributed by atoms with Crippen molar-refractivity contribution in [2.75, 3.05) is 13.2 Å². The molecule has 4 rings (SSSR count). The van der Waals surface area contributed by atoms with Gasteiger partial charge in [0, 0.05) is 30.6 Å². The molecule has 2 saturated heterocycles. The molecule has 3 fully saturated rings. The van der Waals surface area contributed by atoms with Gasteiger partial charge in [-0.1, -0.05) is 26.8 Å². The average Bonchev–Trinajstić information content (AvgIpc) is 3.43. The predicted molar refractivity (Wildman–Crippen MR) is 104 cm³/mol. The largest absolute Gasteiger partial charge is 0.465 e. The highest BCUT2D eigenvalue weighted by Gasteiger charge is 2.85. The van der Waals surface area contributed by atoms with Crippen LogP contribution in [0.2, 0.25) is 0 Å². The number of fused-ring (bicyclic) bond motifs is 2. The molecule has 1 spiro atoms. The fraction of sp³-hybridized carbons (Fsp3) is 0.818. The quantitative estimate of drug-likeness (QED) is 0.383. The van der Waals surface area contributed by atoms with Crippen molar-refractivity contribution >= 4 is 11.9 Å². The molecule has 0 aromatic heterocycles. The summed E-state index contributed by atoms with van der Waals surface area (Å²) in [6.07, 6.45) is -1.50. The number of hydrogen-bond acceptors (Lipinski definition) is 8. The van der Waals surface area contributed by atoms with E-state index < -0.39 is 52.9 Å². The molecule has 0 amide bonds. The summed E-state index contributed by atoms with van der Waals surface area (Å²) in [5, 5.41) is 21.9. The minimum atomic E-state index is -1.13. The molecule has 1 saturated carbocycles. The molecule has 4 aliphatic rings. The number of aliphatic hydroxyl groups is 2. The zero-order valence-electron chi connectivity index (χ0n) is 18.2. The molecular formula is C22H32O8. The number of carbonyl (C=O) groups is 2. The van der Waals surface area contributed by atoms with Crippen LogP contribution in [0.25, 0.3) is 0 Å². The Morgan fingerprint density at radius 3 is 2.57 bits per heavy atom. The van der Waals surface area contributed by atoms with Gasteiger partial charge in [-0.15, -0.1) is 0 Å². The van der Waals surface area contributed by atoms with E-state index in [1.807, 2.05) is 33.8 Å². The zero-order chi connectivity index (χ0) is 22.1. The van der Waals surface area contributed by atoms with Crippen molar-refractivity contribution in [1.29, 1.82) is 0 Å². The molecular weight excluding hydrogens is 392 g/mol. The Morgan fingerprint density at radius 2 is 2.00 bits per heavy atom. The number of esters is 2. The van der Waals surface area contributed by atoms with Gasteiger partial charge in [-0.3, -0.25) is 9.59 Å². The smallest absolute Gasteiger partial charge is 0.306 e. The number of ether oxygens (including phenoxy) is 4. The van der Waals surface area contributed by atoms with Crippen LogP contribution in [0, 0.1) is 16.7 Å². The van der Waals surface area contributed by atoms with Crippen LogP contribution in [0.3, 0.4) is 0 Å². The van der Waals surface area contributed by atoms with Crippen LogP contribution in [-0.2, 0) is 28.5 Å². The highest BCUT2D eigenvalue weighted by Crippen LogP contribution is 2.71. The molecule has 2 aliphatic heterocycles. The van der Waals surface area contributed by atoms with Crippen molar-refractivity contribution in [3.8, 4) is 0 Å². The van der Waals surface area contributed by atoms with Crippen LogP contribution in [0.15, 0.2) is 11.6 Å². The summed E-state index contributed by atoms with van der Waals surface area (Å²) in [5.41, 5.74) is -1.89. The summed E-state index contributed by atoms with van der Waals surface area (Å²) in [6.45, 7) is 9.28. The van der Waals surface area contributed by atoms with Crippen molar-refractivity contribution in [2.24, 2.45) is 16.7 Å². The Labute approximate surface area is 176 Å². The third-order valence-electron chi connectivity index (χ3n) is 7.74. The maximum absolute atomic E-state index is 12.4. The first-order chi connectivity index (χ1) is 14.0. The third-order valence-corrected chi connectivity index (χ3v) is 7.74. The third kappa shape index (κ3) is 2.80. The van der Waals surface area contributed by atoms with Gasteiger partial charge in [0.15, 0.2) is 0 Å². The monoisotopic (exact) mass is 424 g/mol. The maximum Gasteiger partial charge on any atom is 0.306 e. The van der Waals surface area contributed by atoms with E-state index >= 15 is 0 Å². The number of epoxide rings is 1. The molecule has 2 N–H and O–H groups in total. The second-order valence-electron chi connectivity index (χ2n) is 9.92. The van der Waals surface area contributed by atoms with Crippen LogP contribution in [0.1, 0.15) is 47.5 Å². The van der Waals surface area contributed by atoms with E-state index in [9.17, 15) is 19.8 Å². The molecule has 2 bridgehead atoms. The van der Waals surface area contributed by atoms with Gasteiger partial charge < -0.3 is 29.2 Å². The average molecular weight is 424 g/mol. The summed E-state index contributed by atoms with van der Waals surface area (Å²) in [4.78, 5) is 24.1. The molecule has 0 aromatic rings. The Hall–Kier alpha value is -1.48. The van der Waals surface area contributed by atoms with Crippen molar-refractivity contribution in [2.45, 2.75) is 83.6 Å². The van der Waals surface area contributed by atoms with Crippen molar-refractivity contribution < 1.29 is 38.7 Å². The lowest BCUT2D eigenvalue weighted by atomic mass is 9.51. The standard InChI is InChI=1S/C22H32O8/c1-11(2)6-16(24)29-14-8-21(9-27-13(4)23)15(7-12(14)3)30-19-17(25)18(26)20(21,5)22(19)10-28-22/h7,11,14-15,17-19,25-26H,6,8-10H2,1-5H3/t14?,15?,17?,18?,19?,20?,21-,22?/m1/s1. The molecule has 0 aromatic carbocycles. The Bertz CT molecular complexity index is 771. The molecule has 30 heavy (non-hydrogen) atoms. The first-order valence-electron chi connectivity index (χ1n) is 10.7. The van der Waals surface area contributed by atoms with E-state index in [1.165, 1.54) is 6.92 Å². The molecule has 2 heterocycles. The summed E-state index contributed by atoms with van der Waals surface area (Å²) < 4.78 is 23.4. The Kier molecular flexibility index (Phi) is 5.09. The number of rotatable bonds is 5. The fourth-order valence-electron chi connectivity index (χ4n) is 5.92. The topological polar surface area (TPSA) is 115 Å². The second kappa shape index (κ2) is 7.02. The normalized spacial score (nSPS) is 46.4. The van der Waals surface area contributed by atoms with Crippen molar-refractivity contribution in [1.82, 2.24) is 0 Å². The van der Waals surface area contributed by atoms with Gasteiger partial charge in [-0.2, -0.15) is 0 Å². The van der Waals surface area contributed by atoms with Gasteiger partial charge in [0.05, 0.1) is 18.8 Å². The number of aliphatic hydroxyl groups excluding tert-OH is 2. The van der Waals surface area contributed by atoms with Crippen molar-refractivity contribution in [3.63, 3.8) is 0 Å². The molecule has 0 radical (unpaired) electrons. The Balaban J connectivity index is 1.75. The first-order valence-corrected chi connectivity index (χ1v) is 10.7. The van der Waals surface area contributed by atoms with E-state index in [0.29, 0.717) is 19.4 Å². The highest BCUT2D eigenvalue weighted by atomic mass is 16.6. The van der Waals surface area contributed by atoms with Crippen molar-refractivity contribution in [3.05, 3.63) is 11.6 Å². The molecule has 168 valence electrons. The lowest BCUT2D eigenvalue weighted by molar-refractivity contribution is -0.239. The van der Waals surface area contributed by atoms with Crippen LogP contribution < -0.4 is 0 Å². The fourth-order valence-corrected chi connectivity index (χ4v) is 5.92. The summed E-state index contributed by atoms with van der Waals surface area (Å²) in [6, 6.07) is 0. The van der Waals surface area contributed by atoms with E-state index in [4.69, 9.17) is 18.9 Å². The van der Waals surface area contributed by atoms with Gasteiger partial charge in [0.1, 0.15) is 30.5 Å². The highest BCUT2D eigenvalue weighted by molar-refractivity contribution is 5.70. The van der Waals surface area contributed by atoms with E-state index in [1.54, 1.807) is 0 Å². The lowest BCUT2D eigenvalue weighted by Crippen LogP contribution is -2.67. The molecule has 7 unspecified atom stereocenters. The number of hydrogen-bond donors (Lipinski definition) is 2. The molecule has 8 nitrogen and oxygen atoms in total. The van der Waals surface area contributed by atoms with Crippen LogP contribution in [-0.4, -0.2) is 71.5 Å². The summed E-state index contributed by atoms with van der Waals surface area (Å²) in [5.74, 6) is -0.584. The number of carbonyl (C=O) groups excluding carboxylic acids is 2. The van der Waals surface area contributed by atoms with E-state index in [2.05, 4.69) is 0 Å². The Morgan fingerprint density at radius 1 is 1.33 bits per heavy atom. The molecule has 8 heteroatoms. The van der Waals surface area contributed by atoms with Crippen LogP contribution >= 0.6 is 0 Å². The molecule has 8 atom stereocenters. The van der Waals surface area contributed by atoms with Crippen LogP contribution in [0.4, 0.5) is 0 Å².